The lowest BCUT2D eigenvalue weighted by molar-refractivity contribution is -0.139. The molecule has 164 valence electrons. The van der Waals surface area contributed by atoms with Gasteiger partial charge in [0.05, 0.1) is 30.6 Å². The molecule has 1 saturated heterocycles. The zero-order valence-corrected chi connectivity index (χ0v) is 17.3. The molecule has 0 saturated carbocycles. The first kappa shape index (κ1) is 21.2. The minimum absolute atomic E-state index is 0.00203. The van der Waals surface area contributed by atoms with Crippen molar-refractivity contribution in [2.75, 3.05) is 13.7 Å². The molecule has 1 fully saturated rings. The Bertz CT molecular complexity index is 1160. The maximum Gasteiger partial charge on any atom is 0.295 e. The van der Waals surface area contributed by atoms with Crippen molar-refractivity contribution in [2.45, 2.75) is 19.0 Å². The van der Waals surface area contributed by atoms with E-state index < -0.39 is 29.3 Å². The number of benzene rings is 1. The highest BCUT2D eigenvalue weighted by Crippen LogP contribution is 2.40. The third-order valence-electron chi connectivity index (χ3n) is 5.33. The van der Waals surface area contributed by atoms with E-state index in [2.05, 4.69) is 9.97 Å². The average molecular weight is 436 g/mol. The highest BCUT2D eigenvalue weighted by atomic mass is 19.1. The number of ether oxygens (including phenoxy) is 1. The van der Waals surface area contributed by atoms with Crippen LogP contribution in [-0.4, -0.2) is 49.9 Å². The Balaban J connectivity index is 1.76. The second-order valence-corrected chi connectivity index (χ2v) is 7.28. The van der Waals surface area contributed by atoms with Crippen molar-refractivity contribution in [2.24, 2.45) is 0 Å². The number of aromatic nitrogens is 3. The molecule has 8 nitrogen and oxygen atoms in total. The topological polar surface area (TPSA) is 97.6 Å². The molecule has 1 aromatic carbocycles. The van der Waals surface area contributed by atoms with Gasteiger partial charge in [-0.15, -0.1) is 0 Å². The van der Waals surface area contributed by atoms with Gasteiger partial charge in [0, 0.05) is 37.9 Å². The normalized spacial score (nSPS) is 17.7. The summed E-state index contributed by atoms with van der Waals surface area (Å²) in [6.45, 7) is 0.861. The average Bonchev–Trinajstić information content (AvgIpc) is 3.41. The maximum absolute atomic E-state index is 13.9. The zero-order valence-electron chi connectivity index (χ0n) is 17.3. The molecule has 1 N–H and O–H groups in total. The van der Waals surface area contributed by atoms with Gasteiger partial charge in [0.2, 0.25) is 0 Å². The molecule has 0 bridgehead atoms. The molecule has 0 radical (unpaired) electrons. The van der Waals surface area contributed by atoms with Crippen molar-refractivity contribution in [1.29, 1.82) is 0 Å². The van der Waals surface area contributed by atoms with Gasteiger partial charge in [-0.05, 0) is 36.2 Å². The molecule has 1 amide bonds. The molecule has 32 heavy (non-hydrogen) atoms. The van der Waals surface area contributed by atoms with Crippen LogP contribution in [0, 0.1) is 5.82 Å². The number of nitrogens with zero attached hydrogens (tertiary/aromatic N) is 4. The Kier molecular flexibility index (Phi) is 5.98. The van der Waals surface area contributed by atoms with E-state index >= 15 is 0 Å². The molecule has 1 aliphatic heterocycles. The van der Waals surface area contributed by atoms with Crippen LogP contribution in [0.4, 0.5) is 4.39 Å². The smallest absolute Gasteiger partial charge is 0.295 e. The zero-order chi connectivity index (χ0) is 22.7. The van der Waals surface area contributed by atoms with Gasteiger partial charge in [-0.1, -0.05) is 6.07 Å². The van der Waals surface area contributed by atoms with E-state index in [1.165, 1.54) is 30.3 Å². The number of aliphatic hydroxyl groups is 1. The van der Waals surface area contributed by atoms with E-state index in [0.717, 1.165) is 6.07 Å². The van der Waals surface area contributed by atoms with Gasteiger partial charge in [-0.3, -0.25) is 14.6 Å². The van der Waals surface area contributed by atoms with Gasteiger partial charge in [0.15, 0.2) is 0 Å². The molecule has 4 rings (SSSR count). The number of likely N-dealkylation sites (tertiary alicyclic amines) is 1. The van der Waals surface area contributed by atoms with Crippen molar-refractivity contribution in [3.8, 4) is 5.75 Å². The number of hydrogen-bond donors (Lipinski definition) is 1. The molecule has 1 atom stereocenters. The fraction of sp³-hybridized carbons (Fsp3) is 0.217. The SMILES string of the molecule is COc1ccc(F)cc1/C(O)=C1\C(=O)C(=O)N(CCCn2ccnc2)C1c1cccnc1. The fourth-order valence-electron chi connectivity index (χ4n) is 3.85. The number of halogens is 1. The molecule has 3 heterocycles. The van der Waals surface area contributed by atoms with Crippen molar-refractivity contribution >= 4 is 17.4 Å². The minimum atomic E-state index is -0.862. The van der Waals surface area contributed by atoms with Crippen LogP contribution >= 0.6 is 0 Å². The predicted octanol–water partition coefficient (Wildman–Crippen LogP) is 2.94. The summed E-state index contributed by atoms with van der Waals surface area (Å²) >= 11 is 0. The van der Waals surface area contributed by atoms with E-state index in [-0.39, 0.29) is 23.4 Å². The molecule has 0 spiro atoms. The Morgan fingerprint density at radius 3 is 2.72 bits per heavy atom. The number of carbonyl (C=O) groups is 2. The fourth-order valence-corrected chi connectivity index (χ4v) is 3.85. The second-order valence-electron chi connectivity index (χ2n) is 7.28. The molecule has 1 aliphatic rings. The number of methoxy groups -OCH3 is 1. The van der Waals surface area contributed by atoms with Gasteiger partial charge >= 0.3 is 0 Å². The van der Waals surface area contributed by atoms with Crippen molar-refractivity contribution in [3.05, 3.63) is 84.0 Å². The number of Topliss-reactive ketones (excluding diaryl/α,β-unsaturated/α-hetero) is 1. The largest absolute Gasteiger partial charge is 0.507 e. The monoisotopic (exact) mass is 436 g/mol. The number of pyridine rings is 1. The molecule has 0 aliphatic carbocycles. The van der Waals surface area contributed by atoms with Crippen LogP contribution in [0.15, 0.2) is 67.0 Å². The van der Waals surface area contributed by atoms with Crippen LogP contribution in [0.3, 0.4) is 0 Å². The number of imidazole rings is 1. The molecule has 9 heteroatoms. The number of ketones is 1. The summed E-state index contributed by atoms with van der Waals surface area (Å²) < 4.78 is 21.0. The maximum atomic E-state index is 13.9. The molecular weight excluding hydrogens is 415 g/mol. The molecule has 2 aromatic heterocycles. The number of amides is 1. The van der Waals surface area contributed by atoms with Crippen LogP contribution in [0.1, 0.15) is 23.6 Å². The number of hydrogen-bond acceptors (Lipinski definition) is 6. The van der Waals surface area contributed by atoms with E-state index in [0.29, 0.717) is 18.5 Å². The summed E-state index contributed by atoms with van der Waals surface area (Å²) in [5.41, 5.74) is 0.429. The number of aryl methyl sites for hydroxylation is 1. The third kappa shape index (κ3) is 3.96. The minimum Gasteiger partial charge on any atom is -0.507 e. The van der Waals surface area contributed by atoms with Gasteiger partial charge in [0.1, 0.15) is 17.3 Å². The van der Waals surface area contributed by atoms with Crippen molar-refractivity contribution < 1.29 is 23.8 Å². The summed E-state index contributed by atoms with van der Waals surface area (Å²) in [5, 5.41) is 11.1. The van der Waals surface area contributed by atoms with E-state index in [1.54, 1.807) is 30.9 Å². The lowest BCUT2D eigenvalue weighted by Gasteiger charge is -2.25. The number of rotatable bonds is 7. The first-order chi connectivity index (χ1) is 15.5. The van der Waals surface area contributed by atoms with Gasteiger partial charge < -0.3 is 19.3 Å². The summed E-state index contributed by atoms with van der Waals surface area (Å²) in [7, 11) is 1.37. The van der Waals surface area contributed by atoms with Crippen LogP contribution in [-0.2, 0) is 16.1 Å². The Morgan fingerprint density at radius 1 is 1.19 bits per heavy atom. The van der Waals surface area contributed by atoms with E-state index in [9.17, 15) is 19.1 Å². The van der Waals surface area contributed by atoms with Crippen LogP contribution < -0.4 is 4.74 Å². The molecular formula is C23H21FN4O4. The van der Waals surface area contributed by atoms with Crippen molar-refractivity contribution in [1.82, 2.24) is 19.4 Å². The number of aliphatic hydroxyl groups excluding tert-OH is 1. The predicted molar refractivity (Wildman–Crippen MR) is 113 cm³/mol. The van der Waals surface area contributed by atoms with Crippen LogP contribution in [0.25, 0.3) is 5.76 Å². The standard InChI is InChI=1S/C23H21FN4O4/c1-32-18-6-5-16(24)12-17(18)21(29)19-20(15-4-2-7-25-13-15)28(23(31)22(19)30)10-3-9-27-11-8-26-14-27/h2,4-8,11-14,20,29H,3,9-10H2,1H3/b21-19+. The highest BCUT2D eigenvalue weighted by Gasteiger charge is 2.46. The lowest BCUT2D eigenvalue weighted by Crippen LogP contribution is -2.31. The van der Waals surface area contributed by atoms with E-state index in [1.807, 2.05) is 10.8 Å². The van der Waals surface area contributed by atoms with Crippen molar-refractivity contribution in [3.63, 3.8) is 0 Å². The van der Waals surface area contributed by atoms with Gasteiger partial charge in [0.25, 0.3) is 11.7 Å². The van der Waals surface area contributed by atoms with Crippen LogP contribution in [0.5, 0.6) is 5.75 Å². The summed E-state index contributed by atoms with van der Waals surface area (Å²) in [4.78, 5) is 35.4. The summed E-state index contributed by atoms with van der Waals surface area (Å²) in [6, 6.07) is 6.15. The Morgan fingerprint density at radius 2 is 2.03 bits per heavy atom. The summed E-state index contributed by atoms with van der Waals surface area (Å²) in [5.74, 6) is -2.50. The van der Waals surface area contributed by atoms with Crippen LogP contribution in [0.2, 0.25) is 0 Å². The molecule has 1 unspecified atom stereocenters. The second kappa shape index (κ2) is 9.01. The first-order valence-electron chi connectivity index (χ1n) is 9.99. The Hall–Kier alpha value is -4.01. The third-order valence-corrected chi connectivity index (χ3v) is 5.33. The number of carbonyl (C=O) groups excluding carboxylic acids is 2. The van der Waals surface area contributed by atoms with Gasteiger partial charge in [-0.2, -0.15) is 0 Å². The lowest BCUT2D eigenvalue weighted by atomic mass is 9.96. The first-order valence-corrected chi connectivity index (χ1v) is 9.99. The van der Waals surface area contributed by atoms with Gasteiger partial charge in [-0.25, -0.2) is 9.37 Å². The quantitative estimate of drug-likeness (QED) is 0.348. The van der Waals surface area contributed by atoms with E-state index in [4.69, 9.17) is 4.74 Å². The Labute approximate surface area is 183 Å². The summed E-state index contributed by atoms with van der Waals surface area (Å²) in [6.07, 6.45) is 8.81. The molecule has 3 aromatic rings. The highest BCUT2D eigenvalue weighted by molar-refractivity contribution is 6.46.